The highest BCUT2D eigenvalue weighted by molar-refractivity contribution is 5.75. The summed E-state index contributed by atoms with van der Waals surface area (Å²) in [5, 5.41) is 0. The van der Waals surface area contributed by atoms with Crippen LogP contribution >= 0.6 is 0 Å². The Hall–Kier alpha value is -1.56. The zero-order valence-corrected chi connectivity index (χ0v) is 10.8. The molecule has 1 aromatic rings. The van der Waals surface area contributed by atoms with Crippen LogP contribution in [0.3, 0.4) is 0 Å². The molecule has 1 aromatic carbocycles. The van der Waals surface area contributed by atoms with Crippen LogP contribution < -0.4 is 4.74 Å². The smallest absolute Gasteiger partial charge is 0.419 e. The fraction of sp³-hybridized carbons (Fsp3) is 0.500. The van der Waals surface area contributed by atoms with Gasteiger partial charge in [-0.05, 0) is 31.0 Å². The molecular weight excluding hydrogens is 273 g/mol. The van der Waals surface area contributed by atoms with Crippen LogP contribution in [0.2, 0.25) is 0 Å². The van der Waals surface area contributed by atoms with Gasteiger partial charge in [0.2, 0.25) is 0 Å². The largest absolute Gasteiger partial charge is 0.493 e. The highest BCUT2D eigenvalue weighted by Crippen LogP contribution is 2.36. The fourth-order valence-corrected chi connectivity index (χ4v) is 2.14. The van der Waals surface area contributed by atoms with Crippen LogP contribution in [-0.2, 0) is 10.9 Å². The van der Waals surface area contributed by atoms with Crippen LogP contribution in [0.15, 0.2) is 18.2 Å². The van der Waals surface area contributed by atoms with Crippen molar-refractivity contribution in [3.63, 3.8) is 0 Å². The van der Waals surface area contributed by atoms with Crippen LogP contribution in [-0.4, -0.2) is 25.6 Å². The third kappa shape index (κ3) is 3.72. The molecule has 0 aliphatic carbocycles. The SMILES string of the molecule is O=Cc1ccc(OCCC2CCCO2)c(C(F)(F)F)c1. The topological polar surface area (TPSA) is 35.5 Å². The summed E-state index contributed by atoms with van der Waals surface area (Å²) in [7, 11) is 0. The van der Waals surface area contributed by atoms with Gasteiger partial charge in [0.25, 0.3) is 0 Å². The minimum Gasteiger partial charge on any atom is -0.493 e. The molecule has 20 heavy (non-hydrogen) atoms. The maximum atomic E-state index is 12.9. The number of carbonyl (C=O) groups excluding carboxylic acids is 1. The molecule has 1 aliphatic heterocycles. The number of rotatable bonds is 5. The van der Waals surface area contributed by atoms with E-state index in [0.717, 1.165) is 18.9 Å². The summed E-state index contributed by atoms with van der Waals surface area (Å²) in [4.78, 5) is 10.6. The number of hydrogen-bond acceptors (Lipinski definition) is 3. The van der Waals surface area contributed by atoms with Gasteiger partial charge in [-0.15, -0.1) is 0 Å². The normalized spacial score (nSPS) is 19.1. The lowest BCUT2D eigenvalue weighted by Gasteiger charge is -2.15. The third-order valence-corrected chi connectivity index (χ3v) is 3.17. The van der Waals surface area contributed by atoms with E-state index in [4.69, 9.17) is 9.47 Å². The average Bonchev–Trinajstić information content (AvgIpc) is 2.91. The number of aldehydes is 1. The molecule has 0 N–H and O–H groups in total. The van der Waals surface area contributed by atoms with Crippen LogP contribution in [0.5, 0.6) is 5.75 Å². The maximum Gasteiger partial charge on any atom is 0.419 e. The first-order chi connectivity index (χ1) is 9.50. The molecule has 6 heteroatoms. The van der Waals surface area contributed by atoms with E-state index in [1.807, 2.05) is 0 Å². The first-order valence-corrected chi connectivity index (χ1v) is 6.41. The summed E-state index contributed by atoms with van der Waals surface area (Å²) < 4.78 is 49.2. The second-order valence-electron chi connectivity index (χ2n) is 4.64. The van der Waals surface area contributed by atoms with Gasteiger partial charge in [0, 0.05) is 18.6 Å². The molecule has 1 saturated heterocycles. The Morgan fingerprint density at radius 1 is 1.40 bits per heavy atom. The molecule has 0 bridgehead atoms. The second-order valence-corrected chi connectivity index (χ2v) is 4.64. The Kier molecular flexibility index (Phi) is 4.65. The van der Waals surface area contributed by atoms with E-state index >= 15 is 0 Å². The number of carbonyl (C=O) groups is 1. The predicted molar refractivity (Wildman–Crippen MR) is 65.9 cm³/mol. The van der Waals surface area contributed by atoms with Gasteiger partial charge in [0.1, 0.15) is 12.0 Å². The van der Waals surface area contributed by atoms with E-state index in [1.165, 1.54) is 12.1 Å². The van der Waals surface area contributed by atoms with E-state index in [1.54, 1.807) is 0 Å². The van der Waals surface area contributed by atoms with Crippen molar-refractivity contribution in [2.24, 2.45) is 0 Å². The lowest BCUT2D eigenvalue weighted by molar-refractivity contribution is -0.139. The van der Waals surface area contributed by atoms with Gasteiger partial charge in [-0.3, -0.25) is 4.79 Å². The molecule has 1 fully saturated rings. The second kappa shape index (κ2) is 6.26. The standard InChI is InChI=1S/C14H15F3O3/c15-14(16,17)12-8-10(9-18)3-4-13(12)20-7-5-11-2-1-6-19-11/h3-4,8-9,11H,1-2,5-7H2. The molecule has 0 radical (unpaired) electrons. The van der Waals surface area contributed by atoms with E-state index in [2.05, 4.69) is 0 Å². The highest BCUT2D eigenvalue weighted by atomic mass is 19.4. The molecule has 0 amide bonds. The van der Waals surface area contributed by atoms with Crippen molar-refractivity contribution in [1.29, 1.82) is 0 Å². The van der Waals surface area contributed by atoms with Gasteiger partial charge in [-0.2, -0.15) is 13.2 Å². The average molecular weight is 288 g/mol. The lowest BCUT2D eigenvalue weighted by atomic mass is 10.1. The highest BCUT2D eigenvalue weighted by Gasteiger charge is 2.34. The van der Waals surface area contributed by atoms with E-state index in [0.29, 0.717) is 19.3 Å². The Balaban J connectivity index is 2.03. The molecule has 0 saturated carbocycles. The molecule has 110 valence electrons. The minimum atomic E-state index is -4.54. The first kappa shape index (κ1) is 14.8. The summed E-state index contributed by atoms with van der Waals surface area (Å²) in [5.41, 5.74) is -0.946. The Labute approximate surface area is 114 Å². The van der Waals surface area contributed by atoms with E-state index in [-0.39, 0.29) is 24.0 Å². The Morgan fingerprint density at radius 3 is 2.80 bits per heavy atom. The van der Waals surface area contributed by atoms with Crippen LogP contribution in [0.1, 0.15) is 35.2 Å². The number of benzene rings is 1. The van der Waals surface area contributed by atoms with Gasteiger partial charge < -0.3 is 9.47 Å². The van der Waals surface area contributed by atoms with Crippen LogP contribution in [0, 0.1) is 0 Å². The summed E-state index contributed by atoms with van der Waals surface area (Å²) in [6, 6.07) is 3.29. The van der Waals surface area contributed by atoms with E-state index < -0.39 is 11.7 Å². The van der Waals surface area contributed by atoms with Crippen molar-refractivity contribution in [2.75, 3.05) is 13.2 Å². The quantitative estimate of drug-likeness (QED) is 0.778. The lowest BCUT2D eigenvalue weighted by Crippen LogP contribution is -2.14. The summed E-state index contributed by atoms with van der Waals surface area (Å²) >= 11 is 0. The molecule has 1 heterocycles. The van der Waals surface area contributed by atoms with Crippen molar-refractivity contribution in [3.8, 4) is 5.75 Å². The molecular formula is C14H15F3O3. The minimum absolute atomic E-state index is 0.0243. The molecule has 2 rings (SSSR count). The first-order valence-electron chi connectivity index (χ1n) is 6.41. The van der Waals surface area contributed by atoms with Gasteiger partial charge in [-0.1, -0.05) is 0 Å². The van der Waals surface area contributed by atoms with Gasteiger partial charge in [0.05, 0.1) is 18.3 Å². The molecule has 1 atom stereocenters. The molecule has 3 nitrogen and oxygen atoms in total. The molecule has 1 aliphatic rings. The number of hydrogen-bond donors (Lipinski definition) is 0. The Morgan fingerprint density at radius 2 is 2.20 bits per heavy atom. The maximum absolute atomic E-state index is 12.9. The van der Waals surface area contributed by atoms with Crippen molar-refractivity contribution in [1.82, 2.24) is 0 Å². The number of ether oxygens (including phenoxy) is 2. The van der Waals surface area contributed by atoms with Gasteiger partial charge in [0.15, 0.2) is 0 Å². The zero-order valence-electron chi connectivity index (χ0n) is 10.8. The third-order valence-electron chi connectivity index (χ3n) is 3.17. The molecule has 0 spiro atoms. The van der Waals surface area contributed by atoms with E-state index in [9.17, 15) is 18.0 Å². The predicted octanol–water partition coefficient (Wildman–Crippen LogP) is 3.47. The van der Waals surface area contributed by atoms with Crippen molar-refractivity contribution < 1.29 is 27.4 Å². The molecule has 0 aromatic heterocycles. The monoisotopic (exact) mass is 288 g/mol. The Bertz CT molecular complexity index is 465. The summed E-state index contributed by atoms with van der Waals surface area (Å²) in [6.07, 6.45) is -1.64. The van der Waals surface area contributed by atoms with Crippen molar-refractivity contribution in [3.05, 3.63) is 29.3 Å². The van der Waals surface area contributed by atoms with Crippen LogP contribution in [0.4, 0.5) is 13.2 Å². The summed E-state index contributed by atoms with van der Waals surface area (Å²) in [6.45, 7) is 0.862. The van der Waals surface area contributed by atoms with Crippen LogP contribution in [0.25, 0.3) is 0 Å². The summed E-state index contributed by atoms with van der Waals surface area (Å²) in [5.74, 6) is -0.249. The molecule has 1 unspecified atom stereocenters. The zero-order chi connectivity index (χ0) is 14.6. The fourth-order valence-electron chi connectivity index (χ4n) is 2.14. The van der Waals surface area contributed by atoms with Gasteiger partial charge >= 0.3 is 6.18 Å². The van der Waals surface area contributed by atoms with Crippen molar-refractivity contribution >= 4 is 6.29 Å². The van der Waals surface area contributed by atoms with Gasteiger partial charge in [-0.25, -0.2) is 0 Å². The number of alkyl halides is 3. The van der Waals surface area contributed by atoms with Crippen molar-refractivity contribution in [2.45, 2.75) is 31.5 Å². The number of halogens is 3.